The van der Waals surface area contributed by atoms with E-state index in [0.29, 0.717) is 31.6 Å². The Labute approximate surface area is 153 Å². The zero-order valence-electron chi connectivity index (χ0n) is 12.5. The maximum Gasteiger partial charge on any atom is 0.264 e. The highest BCUT2D eigenvalue weighted by Gasteiger charge is 2.24. The van der Waals surface area contributed by atoms with Crippen LogP contribution < -0.4 is 10.1 Å². The van der Waals surface area contributed by atoms with E-state index in [1.54, 1.807) is 31.4 Å². The minimum Gasteiger partial charge on any atom is -0.496 e. The number of hydrogen-bond acceptors (Lipinski definition) is 4. The number of benzene rings is 2. The molecule has 24 heavy (non-hydrogen) atoms. The zero-order valence-corrected chi connectivity index (χ0v) is 14.9. The lowest BCUT2D eigenvalue weighted by Gasteiger charge is -2.03. The number of carbonyl (C=O) groups is 1. The van der Waals surface area contributed by atoms with Crippen molar-refractivity contribution < 1.29 is 9.53 Å². The Morgan fingerprint density at radius 2 is 1.88 bits per heavy atom. The third-order valence-corrected chi connectivity index (χ3v) is 4.50. The van der Waals surface area contributed by atoms with Gasteiger partial charge in [0.05, 0.1) is 17.7 Å². The van der Waals surface area contributed by atoms with Crippen molar-refractivity contribution in [3.8, 4) is 5.75 Å². The molecule has 7 heteroatoms. The van der Waals surface area contributed by atoms with Crippen molar-refractivity contribution in [1.82, 2.24) is 5.32 Å². The van der Waals surface area contributed by atoms with Crippen molar-refractivity contribution in [2.75, 3.05) is 7.11 Å². The number of aliphatic imine (C=N–C) groups is 1. The molecule has 0 atom stereocenters. The summed E-state index contributed by atoms with van der Waals surface area (Å²) in [4.78, 5) is 17.0. The number of thioether (sulfide) groups is 1. The van der Waals surface area contributed by atoms with Gasteiger partial charge in [-0.3, -0.25) is 4.79 Å². The average Bonchev–Trinajstić information content (AvgIpc) is 2.86. The van der Waals surface area contributed by atoms with Crippen LogP contribution in [0, 0.1) is 0 Å². The minimum atomic E-state index is -0.210. The topological polar surface area (TPSA) is 50.7 Å². The lowest BCUT2D eigenvalue weighted by atomic mass is 10.2. The summed E-state index contributed by atoms with van der Waals surface area (Å²) in [5.74, 6) is 0.489. The van der Waals surface area contributed by atoms with Gasteiger partial charge in [-0.1, -0.05) is 41.4 Å². The second-order valence-corrected chi connectivity index (χ2v) is 6.75. The molecule has 1 aliphatic heterocycles. The van der Waals surface area contributed by atoms with E-state index in [4.69, 9.17) is 27.9 Å². The molecule has 3 rings (SSSR count). The molecular formula is C17H12Cl2N2O2S. The quantitative estimate of drug-likeness (QED) is 0.773. The summed E-state index contributed by atoms with van der Waals surface area (Å²) >= 11 is 13.2. The van der Waals surface area contributed by atoms with Gasteiger partial charge in [-0.25, -0.2) is 4.99 Å². The van der Waals surface area contributed by atoms with Crippen LogP contribution in [0.4, 0.5) is 5.69 Å². The van der Waals surface area contributed by atoms with Gasteiger partial charge in [0.1, 0.15) is 5.75 Å². The summed E-state index contributed by atoms with van der Waals surface area (Å²) in [6, 6.07) is 12.5. The Morgan fingerprint density at radius 3 is 2.58 bits per heavy atom. The largest absolute Gasteiger partial charge is 0.496 e. The second-order valence-electron chi connectivity index (χ2n) is 4.85. The fraction of sp³-hybridized carbons (Fsp3) is 0.0588. The van der Waals surface area contributed by atoms with Crippen molar-refractivity contribution in [1.29, 1.82) is 0 Å². The molecule has 1 N–H and O–H groups in total. The van der Waals surface area contributed by atoms with Gasteiger partial charge < -0.3 is 10.1 Å². The molecule has 2 aromatic rings. The molecule has 1 heterocycles. The molecule has 1 amide bonds. The number of para-hydroxylation sites is 1. The van der Waals surface area contributed by atoms with Crippen LogP contribution in [-0.4, -0.2) is 18.2 Å². The third kappa shape index (κ3) is 3.93. The highest BCUT2D eigenvalue weighted by molar-refractivity contribution is 8.18. The molecule has 0 unspecified atom stereocenters. The first-order chi connectivity index (χ1) is 11.5. The van der Waals surface area contributed by atoms with Crippen LogP contribution in [0.25, 0.3) is 6.08 Å². The van der Waals surface area contributed by atoms with Crippen LogP contribution in [0.3, 0.4) is 0 Å². The van der Waals surface area contributed by atoms with E-state index in [9.17, 15) is 4.79 Å². The van der Waals surface area contributed by atoms with Gasteiger partial charge in [-0.2, -0.15) is 0 Å². The van der Waals surface area contributed by atoms with Crippen molar-refractivity contribution in [2.24, 2.45) is 4.99 Å². The lowest BCUT2D eigenvalue weighted by Crippen LogP contribution is -2.19. The van der Waals surface area contributed by atoms with Crippen LogP contribution in [-0.2, 0) is 4.79 Å². The van der Waals surface area contributed by atoms with Gasteiger partial charge in [0, 0.05) is 15.6 Å². The van der Waals surface area contributed by atoms with Crippen molar-refractivity contribution in [3.63, 3.8) is 0 Å². The first-order valence-electron chi connectivity index (χ1n) is 6.94. The van der Waals surface area contributed by atoms with Gasteiger partial charge in [-0.05, 0) is 42.1 Å². The maximum absolute atomic E-state index is 12.1. The van der Waals surface area contributed by atoms with Gasteiger partial charge in [-0.15, -0.1) is 0 Å². The lowest BCUT2D eigenvalue weighted by molar-refractivity contribution is -0.115. The molecule has 0 radical (unpaired) electrons. The van der Waals surface area contributed by atoms with Crippen LogP contribution in [0.5, 0.6) is 5.75 Å². The van der Waals surface area contributed by atoms with E-state index in [1.807, 2.05) is 24.3 Å². The summed E-state index contributed by atoms with van der Waals surface area (Å²) in [6.07, 6.45) is 1.77. The first-order valence-corrected chi connectivity index (χ1v) is 8.51. The van der Waals surface area contributed by atoms with Gasteiger partial charge in [0.25, 0.3) is 5.91 Å². The summed E-state index contributed by atoms with van der Waals surface area (Å²) in [5.41, 5.74) is 1.40. The van der Waals surface area contributed by atoms with Crippen LogP contribution in [0.15, 0.2) is 52.4 Å². The Bertz CT molecular complexity index is 845. The smallest absolute Gasteiger partial charge is 0.264 e. The minimum absolute atomic E-state index is 0.210. The summed E-state index contributed by atoms with van der Waals surface area (Å²) in [6.45, 7) is 0. The van der Waals surface area contributed by atoms with E-state index in [1.165, 1.54) is 11.8 Å². The Morgan fingerprint density at radius 1 is 1.17 bits per heavy atom. The summed E-state index contributed by atoms with van der Waals surface area (Å²) in [7, 11) is 1.59. The predicted octanol–water partition coefficient (Wildman–Crippen LogP) is 4.89. The Balaban J connectivity index is 1.88. The van der Waals surface area contributed by atoms with E-state index < -0.39 is 0 Å². The molecule has 0 spiro atoms. The standard InChI is InChI=1S/C17H12Cl2N2O2S/c1-23-14-5-3-2-4-10(14)6-15-16(22)21-17(24-15)20-13-8-11(18)7-12(19)9-13/h2-9H,1H3,(H,20,21,22)/b15-6+. The van der Waals surface area contributed by atoms with E-state index in [0.717, 1.165) is 5.56 Å². The SMILES string of the molecule is COc1ccccc1/C=C1/SC(=Nc2cc(Cl)cc(Cl)c2)NC1=O. The molecule has 1 fully saturated rings. The molecule has 1 aliphatic rings. The number of amides is 1. The number of methoxy groups -OCH3 is 1. The Kier molecular flexibility index (Phi) is 5.14. The number of nitrogens with one attached hydrogen (secondary N) is 1. The molecule has 1 saturated heterocycles. The summed E-state index contributed by atoms with van der Waals surface area (Å²) in [5, 5.41) is 4.17. The number of carbonyl (C=O) groups excluding carboxylic acids is 1. The van der Waals surface area contributed by atoms with Crippen molar-refractivity contribution in [3.05, 3.63) is 63.0 Å². The van der Waals surface area contributed by atoms with Crippen molar-refractivity contribution >= 4 is 57.8 Å². The normalized spacial score (nSPS) is 17.4. The van der Waals surface area contributed by atoms with Gasteiger partial charge in [0.15, 0.2) is 5.17 Å². The fourth-order valence-corrected chi connectivity index (χ4v) is 3.48. The zero-order chi connectivity index (χ0) is 17.1. The molecule has 4 nitrogen and oxygen atoms in total. The number of hydrogen-bond donors (Lipinski definition) is 1. The number of ether oxygens (including phenoxy) is 1. The average molecular weight is 379 g/mol. The molecule has 0 aliphatic carbocycles. The molecule has 0 saturated carbocycles. The highest BCUT2D eigenvalue weighted by atomic mass is 35.5. The first kappa shape index (κ1) is 16.9. The highest BCUT2D eigenvalue weighted by Crippen LogP contribution is 2.31. The predicted molar refractivity (Wildman–Crippen MR) is 100 cm³/mol. The Hall–Kier alpha value is -1.95. The monoisotopic (exact) mass is 378 g/mol. The van der Waals surface area contributed by atoms with E-state index >= 15 is 0 Å². The number of rotatable bonds is 3. The van der Waals surface area contributed by atoms with Gasteiger partial charge >= 0.3 is 0 Å². The van der Waals surface area contributed by atoms with Gasteiger partial charge in [0.2, 0.25) is 0 Å². The fourth-order valence-electron chi connectivity index (χ4n) is 2.13. The van der Waals surface area contributed by atoms with E-state index in [2.05, 4.69) is 10.3 Å². The van der Waals surface area contributed by atoms with Crippen LogP contribution in [0.1, 0.15) is 5.56 Å². The van der Waals surface area contributed by atoms with E-state index in [-0.39, 0.29) is 5.91 Å². The van der Waals surface area contributed by atoms with Crippen molar-refractivity contribution in [2.45, 2.75) is 0 Å². The molecule has 2 aromatic carbocycles. The molecular weight excluding hydrogens is 367 g/mol. The molecule has 0 aromatic heterocycles. The summed E-state index contributed by atoms with van der Waals surface area (Å²) < 4.78 is 5.29. The molecule has 122 valence electrons. The third-order valence-electron chi connectivity index (χ3n) is 3.15. The molecule has 0 bridgehead atoms. The van der Waals surface area contributed by atoms with Crippen LogP contribution in [0.2, 0.25) is 10.0 Å². The maximum atomic E-state index is 12.1. The number of halogens is 2. The van der Waals surface area contributed by atoms with Crippen LogP contribution >= 0.6 is 35.0 Å². The second kappa shape index (κ2) is 7.30. The number of nitrogens with zero attached hydrogens (tertiary/aromatic N) is 1. The number of amidine groups is 1.